The molecule has 10 heavy (non-hydrogen) atoms. The van der Waals surface area contributed by atoms with Gasteiger partial charge in [0.15, 0.2) is 0 Å². The van der Waals surface area contributed by atoms with Crippen molar-refractivity contribution < 1.29 is 4.39 Å². The first-order chi connectivity index (χ1) is 4.83. The molecule has 0 radical (unpaired) electrons. The standard InChI is InChI=1S/C7H7FN2/c8-7-3-1-6(2-4-7)5-10-9/h1-5H,9H2/i5+2. The second-order valence-corrected chi connectivity index (χ2v) is 1.83. The zero-order valence-electron chi connectivity index (χ0n) is 5.29. The van der Waals surface area contributed by atoms with Crippen LogP contribution >= 0.6 is 0 Å². The number of nitrogens with zero attached hydrogens (tertiary/aromatic N) is 1. The summed E-state index contributed by atoms with van der Waals surface area (Å²) in [6.07, 6.45) is 1.46. The van der Waals surface area contributed by atoms with Crippen LogP contribution in [0.3, 0.4) is 0 Å². The fourth-order valence-corrected chi connectivity index (χ4v) is 0.635. The van der Waals surface area contributed by atoms with Crippen molar-refractivity contribution in [2.45, 2.75) is 0 Å². The normalized spacial score (nSPS) is 10.5. The van der Waals surface area contributed by atoms with Gasteiger partial charge in [-0.05, 0) is 17.7 Å². The molecule has 0 spiro atoms. The summed E-state index contributed by atoms with van der Waals surface area (Å²) in [4.78, 5) is 0. The molecule has 0 saturated heterocycles. The van der Waals surface area contributed by atoms with Crippen LogP contribution in [0.1, 0.15) is 5.56 Å². The molecule has 0 atom stereocenters. The lowest BCUT2D eigenvalue weighted by molar-refractivity contribution is 0.628. The summed E-state index contributed by atoms with van der Waals surface area (Å²) in [6, 6.07) is 5.92. The molecule has 0 aliphatic heterocycles. The van der Waals surface area contributed by atoms with E-state index >= 15 is 0 Å². The SMILES string of the molecule is NN=[14CH]c1ccc(F)cc1. The largest absolute Gasteiger partial charge is 0.323 e. The average Bonchev–Trinajstić information content (AvgIpc) is 1.95. The van der Waals surface area contributed by atoms with Crippen molar-refractivity contribution >= 4 is 6.21 Å². The Kier molecular flexibility index (Phi) is 1.99. The number of rotatable bonds is 1. The van der Waals surface area contributed by atoms with E-state index in [0.717, 1.165) is 5.56 Å². The highest BCUT2D eigenvalue weighted by molar-refractivity contribution is 5.79. The molecule has 0 fully saturated rings. The molecule has 1 rings (SSSR count). The van der Waals surface area contributed by atoms with Crippen LogP contribution < -0.4 is 5.84 Å². The summed E-state index contributed by atoms with van der Waals surface area (Å²) in [7, 11) is 0. The third-order valence-corrected chi connectivity index (χ3v) is 1.09. The second kappa shape index (κ2) is 2.96. The van der Waals surface area contributed by atoms with Gasteiger partial charge in [0.2, 0.25) is 0 Å². The number of hydrogen-bond acceptors (Lipinski definition) is 2. The maximum absolute atomic E-state index is 12.3. The molecule has 0 aliphatic rings. The lowest BCUT2D eigenvalue weighted by Gasteiger charge is -1.89. The minimum atomic E-state index is -0.255. The zero-order valence-corrected chi connectivity index (χ0v) is 5.29. The summed E-state index contributed by atoms with van der Waals surface area (Å²) in [6.45, 7) is 0. The average molecular weight is 140 g/mol. The highest BCUT2D eigenvalue weighted by atomic mass is 19.1. The summed E-state index contributed by atoms with van der Waals surface area (Å²) >= 11 is 0. The summed E-state index contributed by atoms with van der Waals surface area (Å²) in [5, 5.41) is 3.29. The van der Waals surface area contributed by atoms with Crippen LogP contribution in [-0.2, 0) is 0 Å². The molecule has 0 saturated carbocycles. The van der Waals surface area contributed by atoms with Gasteiger partial charge in [-0.3, -0.25) is 0 Å². The molecule has 2 N–H and O–H groups in total. The van der Waals surface area contributed by atoms with Gasteiger partial charge in [0.1, 0.15) is 5.82 Å². The van der Waals surface area contributed by atoms with Crippen molar-refractivity contribution in [1.82, 2.24) is 0 Å². The van der Waals surface area contributed by atoms with Crippen molar-refractivity contribution in [3.05, 3.63) is 35.6 Å². The molecule has 0 heterocycles. The van der Waals surface area contributed by atoms with Crippen LogP contribution in [0.5, 0.6) is 0 Å². The molecule has 0 amide bonds. The van der Waals surface area contributed by atoms with Crippen molar-refractivity contribution in [1.29, 1.82) is 0 Å². The van der Waals surface area contributed by atoms with E-state index in [0.29, 0.717) is 0 Å². The number of nitrogens with two attached hydrogens (primary N) is 1. The van der Waals surface area contributed by atoms with Crippen molar-refractivity contribution in [3.63, 3.8) is 0 Å². The molecule has 2 nitrogen and oxygen atoms in total. The van der Waals surface area contributed by atoms with E-state index in [1.807, 2.05) is 0 Å². The van der Waals surface area contributed by atoms with Crippen molar-refractivity contribution in [3.8, 4) is 0 Å². The van der Waals surface area contributed by atoms with E-state index in [4.69, 9.17) is 5.84 Å². The van der Waals surface area contributed by atoms with Gasteiger partial charge in [0.25, 0.3) is 0 Å². The predicted molar refractivity (Wildman–Crippen MR) is 38.2 cm³/mol. The van der Waals surface area contributed by atoms with Crippen LogP contribution in [0.25, 0.3) is 0 Å². The van der Waals surface area contributed by atoms with Gasteiger partial charge < -0.3 is 5.84 Å². The monoisotopic (exact) mass is 140 g/mol. The third-order valence-electron chi connectivity index (χ3n) is 1.09. The molecule has 1 aromatic carbocycles. The Bertz CT molecular complexity index is 228. The van der Waals surface area contributed by atoms with E-state index in [1.54, 1.807) is 12.1 Å². The Hall–Kier alpha value is -1.38. The van der Waals surface area contributed by atoms with E-state index in [1.165, 1.54) is 18.3 Å². The second-order valence-electron chi connectivity index (χ2n) is 1.83. The Morgan fingerprint density at radius 3 is 2.40 bits per heavy atom. The maximum Gasteiger partial charge on any atom is 0.123 e. The first-order valence-corrected chi connectivity index (χ1v) is 2.82. The Labute approximate surface area is 58.2 Å². The fourth-order valence-electron chi connectivity index (χ4n) is 0.635. The summed E-state index contributed by atoms with van der Waals surface area (Å²) < 4.78 is 12.3. The van der Waals surface area contributed by atoms with Gasteiger partial charge in [0, 0.05) is 0 Å². The number of benzene rings is 1. The lowest BCUT2D eigenvalue weighted by atomic mass is 10.3. The first-order valence-electron chi connectivity index (χ1n) is 2.82. The molecule has 1 aromatic rings. The summed E-state index contributed by atoms with van der Waals surface area (Å²) in [5.74, 6) is 4.62. The topological polar surface area (TPSA) is 38.4 Å². The minimum absolute atomic E-state index is 0.255. The van der Waals surface area contributed by atoms with Gasteiger partial charge in [-0.2, -0.15) is 5.10 Å². The molecule has 0 bridgehead atoms. The molecule has 3 heteroatoms. The highest BCUT2D eigenvalue weighted by Gasteiger charge is 1.87. The predicted octanol–water partition coefficient (Wildman–Crippen LogP) is 1.12. The van der Waals surface area contributed by atoms with Crippen LogP contribution in [-0.4, -0.2) is 6.21 Å². The molecule has 0 aliphatic carbocycles. The third kappa shape index (κ3) is 1.55. The fraction of sp³-hybridized carbons (Fsp3) is 0. The quantitative estimate of drug-likeness (QED) is 0.354. The molecule has 0 unspecified atom stereocenters. The molecular weight excluding hydrogens is 133 g/mol. The molecule has 52 valence electrons. The van der Waals surface area contributed by atoms with Gasteiger partial charge in [-0.1, -0.05) is 12.1 Å². The number of hydrazone groups is 1. The maximum atomic E-state index is 12.3. The van der Waals surface area contributed by atoms with Crippen molar-refractivity contribution in [2.75, 3.05) is 0 Å². The van der Waals surface area contributed by atoms with Gasteiger partial charge in [0.05, 0.1) is 6.21 Å². The van der Waals surface area contributed by atoms with Crippen molar-refractivity contribution in [2.24, 2.45) is 10.9 Å². The van der Waals surface area contributed by atoms with Crippen LogP contribution in [0.4, 0.5) is 4.39 Å². The molecule has 0 aromatic heterocycles. The van der Waals surface area contributed by atoms with Crippen LogP contribution in [0.15, 0.2) is 29.4 Å². The van der Waals surface area contributed by atoms with Gasteiger partial charge in [-0.25, -0.2) is 4.39 Å². The minimum Gasteiger partial charge on any atom is -0.323 e. The van der Waals surface area contributed by atoms with E-state index in [2.05, 4.69) is 5.10 Å². The van der Waals surface area contributed by atoms with Crippen LogP contribution in [0.2, 0.25) is 0 Å². The number of hydrogen-bond donors (Lipinski definition) is 1. The van der Waals surface area contributed by atoms with Gasteiger partial charge >= 0.3 is 0 Å². The lowest BCUT2D eigenvalue weighted by Crippen LogP contribution is -1.85. The first kappa shape index (κ1) is 6.74. The summed E-state index contributed by atoms with van der Waals surface area (Å²) in [5.41, 5.74) is 0.795. The highest BCUT2D eigenvalue weighted by Crippen LogP contribution is 1.98. The molecular formula is C7H7FN2. The smallest absolute Gasteiger partial charge is 0.123 e. The Balaban J connectivity index is 2.89. The van der Waals surface area contributed by atoms with Crippen LogP contribution in [0, 0.1) is 5.82 Å². The van der Waals surface area contributed by atoms with E-state index in [-0.39, 0.29) is 5.82 Å². The van der Waals surface area contributed by atoms with E-state index in [9.17, 15) is 4.39 Å². The Morgan fingerprint density at radius 1 is 1.30 bits per heavy atom. The zero-order chi connectivity index (χ0) is 7.40. The van der Waals surface area contributed by atoms with Gasteiger partial charge in [-0.15, -0.1) is 0 Å². The Morgan fingerprint density at radius 2 is 1.90 bits per heavy atom. The van der Waals surface area contributed by atoms with E-state index < -0.39 is 0 Å². The number of halogens is 1.